The smallest absolute Gasteiger partial charge is 0.294 e. The topological polar surface area (TPSA) is 70.5 Å². The molecule has 1 aromatic heterocycles. The summed E-state index contributed by atoms with van der Waals surface area (Å²) >= 11 is 0. The molecule has 1 N–H and O–H groups in total. The minimum absolute atomic E-state index is 0.0390. The number of pyridine rings is 1. The highest BCUT2D eigenvalue weighted by Crippen LogP contribution is 2.38. The SMILES string of the molecule is CN1CCC(=C2c3ccc(S(=O)(=O)O)cc3CCc3cccnc32)CC1. The summed E-state index contributed by atoms with van der Waals surface area (Å²) in [5.74, 6) is 0. The van der Waals surface area contributed by atoms with Crippen LogP contribution in [-0.4, -0.2) is 43.0 Å². The Kier molecular flexibility index (Phi) is 4.42. The zero-order chi connectivity index (χ0) is 18.3. The molecule has 2 heterocycles. The lowest BCUT2D eigenvalue weighted by Gasteiger charge is -2.27. The van der Waals surface area contributed by atoms with Gasteiger partial charge in [0.2, 0.25) is 0 Å². The third kappa shape index (κ3) is 3.20. The average Bonchev–Trinajstić information content (AvgIpc) is 2.78. The number of aromatic nitrogens is 1. The number of rotatable bonds is 1. The summed E-state index contributed by atoms with van der Waals surface area (Å²) in [5, 5.41) is 0. The van der Waals surface area contributed by atoms with Gasteiger partial charge < -0.3 is 4.90 Å². The van der Waals surface area contributed by atoms with E-state index < -0.39 is 10.1 Å². The van der Waals surface area contributed by atoms with Crippen LogP contribution in [0.4, 0.5) is 0 Å². The number of benzene rings is 1. The molecule has 4 rings (SSSR count). The second-order valence-corrected chi connectivity index (χ2v) is 8.51. The predicted molar refractivity (Wildman–Crippen MR) is 101 cm³/mol. The summed E-state index contributed by atoms with van der Waals surface area (Å²) in [7, 11) is -2.07. The van der Waals surface area contributed by atoms with Crippen LogP contribution in [0.25, 0.3) is 5.57 Å². The van der Waals surface area contributed by atoms with Gasteiger partial charge in [-0.25, -0.2) is 0 Å². The number of nitrogens with zero attached hydrogens (tertiary/aromatic N) is 2. The predicted octanol–water partition coefficient (Wildman–Crippen LogP) is 2.95. The molecule has 2 aliphatic rings. The highest BCUT2D eigenvalue weighted by atomic mass is 32.2. The molecule has 0 bridgehead atoms. The number of piperidine rings is 1. The fourth-order valence-corrected chi connectivity index (χ4v) is 4.47. The van der Waals surface area contributed by atoms with Gasteiger partial charge in [-0.1, -0.05) is 17.7 Å². The van der Waals surface area contributed by atoms with Crippen molar-refractivity contribution in [2.75, 3.05) is 20.1 Å². The molecule has 0 radical (unpaired) electrons. The Bertz CT molecular complexity index is 986. The summed E-state index contributed by atoms with van der Waals surface area (Å²) < 4.78 is 32.6. The fourth-order valence-electron chi connectivity index (χ4n) is 3.94. The van der Waals surface area contributed by atoms with Crippen molar-refractivity contribution in [3.63, 3.8) is 0 Å². The minimum Gasteiger partial charge on any atom is -0.306 e. The van der Waals surface area contributed by atoms with E-state index in [1.807, 2.05) is 18.3 Å². The van der Waals surface area contributed by atoms with Gasteiger partial charge in [-0.15, -0.1) is 0 Å². The van der Waals surface area contributed by atoms with Gasteiger partial charge in [0, 0.05) is 24.9 Å². The van der Waals surface area contributed by atoms with Crippen LogP contribution < -0.4 is 0 Å². The lowest BCUT2D eigenvalue weighted by molar-refractivity contribution is 0.313. The van der Waals surface area contributed by atoms with Gasteiger partial charge in [0.05, 0.1) is 10.6 Å². The van der Waals surface area contributed by atoms with Crippen LogP contribution in [0.1, 0.15) is 35.2 Å². The summed E-state index contributed by atoms with van der Waals surface area (Å²) in [4.78, 5) is 6.97. The quantitative estimate of drug-likeness (QED) is 0.782. The van der Waals surface area contributed by atoms with Crippen LogP contribution in [0, 0.1) is 0 Å². The van der Waals surface area contributed by atoms with E-state index in [2.05, 4.69) is 23.0 Å². The van der Waals surface area contributed by atoms with Gasteiger partial charge in [0.15, 0.2) is 0 Å². The van der Waals surface area contributed by atoms with Gasteiger partial charge in [0.1, 0.15) is 0 Å². The van der Waals surface area contributed by atoms with E-state index in [1.54, 1.807) is 6.07 Å². The van der Waals surface area contributed by atoms with Crippen LogP contribution in [0.2, 0.25) is 0 Å². The Morgan fingerprint density at radius 3 is 2.50 bits per heavy atom. The molecule has 0 spiro atoms. The molecule has 1 aliphatic carbocycles. The molecule has 136 valence electrons. The van der Waals surface area contributed by atoms with Crippen molar-refractivity contribution in [1.29, 1.82) is 0 Å². The number of fused-ring (bicyclic) bond motifs is 2. The second-order valence-electron chi connectivity index (χ2n) is 7.09. The number of hydrogen-bond acceptors (Lipinski definition) is 4. The molecule has 2 aromatic rings. The maximum absolute atomic E-state index is 11.6. The van der Waals surface area contributed by atoms with Gasteiger partial charge in [0.25, 0.3) is 10.1 Å². The van der Waals surface area contributed by atoms with E-state index in [0.29, 0.717) is 0 Å². The summed E-state index contributed by atoms with van der Waals surface area (Å²) in [6, 6.07) is 9.01. The minimum atomic E-state index is -4.20. The maximum Gasteiger partial charge on any atom is 0.294 e. The van der Waals surface area contributed by atoms with Gasteiger partial charge >= 0.3 is 0 Å². The normalized spacial score (nSPS) is 18.2. The van der Waals surface area contributed by atoms with Crippen LogP contribution in [0.15, 0.2) is 47.0 Å². The molecule has 5 nitrogen and oxygen atoms in total. The first-order valence-electron chi connectivity index (χ1n) is 8.89. The molecule has 1 aromatic carbocycles. The van der Waals surface area contributed by atoms with E-state index in [0.717, 1.165) is 61.2 Å². The van der Waals surface area contributed by atoms with Gasteiger partial charge in [-0.2, -0.15) is 8.42 Å². The standard InChI is InChI=1S/C20H22N2O3S/c1-22-11-8-14(9-12-22)19-18-7-6-17(26(23,24)25)13-16(18)5-4-15-3-2-10-21-20(15)19/h2-3,6-7,10,13H,4-5,8-9,11-12H2,1H3,(H,23,24,25). The van der Waals surface area contributed by atoms with E-state index in [1.165, 1.54) is 17.2 Å². The molecule has 1 saturated heterocycles. The van der Waals surface area contributed by atoms with Gasteiger partial charge in [-0.3, -0.25) is 9.54 Å². The van der Waals surface area contributed by atoms with Crippen molar-refractivity contribution in [1.82, 2.24) is 9.88 Å². The Labute approximate surface area is 154 Å². The first-order valence-corrected chi connectivity index (χ1v) is 10.3. The third-order valence-electron chi connectivity index (χ3n) is 5.38. The van der Waals surface area contributed by atoms with E-state index in [-0.39, 0.29) is 4.90 Å². The third-order valence-corrected chi connectivity index (χ3v) is 6.23. The van der Waals surface area contributed by atoms with Crippen LogP contribution in [0.3, 0.4) is 0 Å². The zero-order valence-electron chi connectivity index (χ0n) is 14.8. The Morgan fingerprint density at radius 1 is 1.04 bits per heavy atom. The largest absolute Gasteiger partial charge is 0.306 e. The highest BCUT2D eigenvalue weighted by molar-refractivity contribution is 7.85. The molecule has 1 aliphatic heterocycles. The summed E-state index contributed by atoms with van der Waals surface area (Å²) in [6.45, 7) is 2.03. The van der Waals surface area contributed by atoms with E-state index in [9.17, 15) is 13.0 Å². The molecular weight excluding hydrogens is 348 g/mol. The molecular formula is C20H22N2O3S. The summed E-state index contributed by atoms with van der Waals surface area (Å²) in [6.07, 6.45) is 5.34. The highest BCUT2D eigenvalue weighted by Gasteiger charge is 2.25. The van der Waals surface area contributed by atoms with Crippen molar-refractivity contribution in [2.45, 2.75) is 30.6 Å². The fraction of sp³-hybridized carbons (Fsp3) is 0.350. The lowest BCUT2D eigenvalue weighted by atomic mass is 9.89. The molecule has 1 fully saturated rings. The Morgan fingerprint density at radius 2 is 1.77 bits per heavy atom. The van der Waals surface area contributed by atoms with Crippen molar-refractivity contribution >= 4 is 15.7 Å². The first-order chi connectivity index (χ1) is 12.4. The molecule has 6 heteroatoms. The van der Waals surface area contributed by atoms with Crippen molar-refractivity contribution in [3.8, 4) is 0 Å². The van der Waals surface area contributed by atoms with Crippen molar-refractivity contribution in [3.05, 3.63) is 64.5 Å². The maximum atomic E-state index is 11.6. The second kappa shape index (κ2) is 6.61. The Balaban J connectivity index is 1.93. The lowest BCUT2D eigenvalue weighted by Crippen LogP contribution is -2.27. The first kappa shape index (κ1) is 17.4. The molecule has 0 saturated carbocycles. The molecule has 0 amide bonds. The number of hydrogen-bond donors (Lipinski definition) is 1. The van der Waals surface area contributed by atoms with Crippen LogP contribution in [-0.2, 0) is 23.0 Å². The van der Waals surface area contributed by atoms with Crippen LogP contribution >= 0.6 is 0 Å². The molecule has 0 atom stereocenters. The average molecular weight is 370 g/mol. The monoisotopic (exact) mass is 370 g/mol. The summed E-state index contributed by atoms with van der Waals surface area (Å²) in [5.41, 5.74) is 6.76. The van der Waals surface area contributed by atoms with Crippen molar-refractivity contribution < 1.29 is 13.0 Å². The molecule has 26 heavy (non-hydrogen) atoms. The van der Waals surface area contributed by atoms with E-state index in [4.69, 9.17) is 0 Å². The van der Waals surface area contributed by atoms with Crippen LogP contribution in [0.5, 0.6) is 0 Å². The number of likely N-dealkylation sites (tertiary alicyclic amines) is 1. The zero-order valence-corrected chi connectivity index (χ0v) is 15.6. The molecule has 0 unspecified atom stereocenters. The van der Waals surface area contributed by atoms with Gasteiger partial charge in [-0.05, 0) is 67.6 Å². The Hall–Kier alpha value is -2.02. The van der Waals surface area contributed by atoms with Crippen molar-refractivity contribution in [2.24, 2.45) is 0 Å². The number of aryl methyl sites for hydroxylation is 2. The van der Waals surface area contributed by atoms with E-state index >= 15 is 0 Å².